The number of methoxy groups -OCH3 is 2. The Bertz CT molecular complexity index is 703. The van der Waals surface area contributed by atoms with Gasteiger partial charge in [-0.05, 0) is 36.2 Å². The Kier molecular flexibility index (Phi) is 8.23. The third-order valence-electron chi connectivity index (χ3n) is 4.16. The zero-order chi connectivity index (χ0) is 19.6. The number of hydrogen-bond donors (Lipinski definition) is 2. The van der Waals surface area contributed by atoms with Gasteiger partial charge >= 0.3 is 0 Å². The van der Waals surface area contributed by atoms with Crippen LogP contribution in [0.15, 0.2) is 42.5 Å². The second kappa shape index (κ2) is 10.6. The Balaban J connectivity index is 2.17. The van der Waals surface area contributed by atoms with Gasteiger partial charge in [-0.15, -0.1) is 0 Å². The average Bonchev–Trinajstić information content (AvgIpc) is 2.72. The van der Waals surface area contributed by atoms with Crippen molar-refractivity contribution in [2.45, 2.75) is 32.0 Å². The molecule has 0 amide bonds. The van der Waals surface area contributed by atoms with Crippen molar-refractivity contribution in [2.75, 3.05) is 27.4 Å². The molecule has 0 aliphatic carbocycles. The summed E-state index contributed by atoms with van der Waals surface area (Å²) in [6.45, 7) is 2.33. The highest BCUT2D eigenvalue weighted by molar-refractivity contribution is 5.44. The standard InChI is InChI=1S/C21H28O6/c1-4-5-12-26-17-11-10-15(13-19(17)25-3)21(23)20(14-22)27-18-9-7-6-8-16(18)24-2/h6-11,13,20-23H,4-5,12,14H2,1-3H3/t20-,21+/m0/s1. The van der Waals surface area contributed by atoms with E-state index in [9.17, 15) is 10.2 Å². The second-order valence-corrected chi connectivity index (χ2v) is 6.05. The minimum atomic E-state index is -1.06. The topological polar surface area (TPSA) is 77.4 Å². The zero-order valence-electron chi connectivity index (χ0n) is 16.1. The van der Waals surface area contributed by atoms with E-state index in [1.54, 1.807) is 43.5 Å². The van der Waals surface area contributed by atoms with E-state index in [1.165, 1.54) is 7.11 Å². The molecule has 2 rings (SSSR count). The van der Waals surface area contributed by atoms with Gasteiger partial charge in [-0.2, -0.15) is 0 Å². The fraction of sp³-hybridized carbons (Fsp3) is 0.429. The van der Waals surface area contributed by atoms with Crippen LogP contribution in [-0.4, -0.2) is 43.8 Å². The van der Waals surface area contributed by atoms with Crippen molar-refractivity contribution in [3.8, 4) is 23.0 Å². The molecule has 2 aromatic rings. The summed E-state index contributed by atoms with van der Waals surface area (Å²) in [6.07, 6.45) is 0.0705. The van der Waals surface area contributed by atoms with Crippen LogP contribution in [0.1, 0.15) is 31.4 Å². The minimum absolute atomic E-state index is 0.365. The van der Waals surface area contributed by atoms with Gasteiger partial charge in [0, 0.05) is 0 Å². The van der Waals surface area contributed by atoms with Crippen LogP contribution in [0.4, 0.5) is 0 Å². The van der Waals surface area contributed by atoms with Crippen molar-refractivity contribution in [1.29, 1.82) is 0 Å². The monoisotopic (exact) mass is 376 g/mol. The molecular formula is C21H28O6. The molecule has 0 saturated carbocycles. The lowest BCUT2D eigenvalue weighted by atomic mass is 10.0. The molecule has 0 unspecified atom stereocenters. The highest BCUT2D eigenvalue weighted by Gasteiger charge is 2.24. The largest absolute Gasteiger partial charge is 0.493 e. The maximum absolute atomic E-state index is 10.7. The predicted octanol–water partition coefficient (Wildman–Crippen LogP) is 3.36. The van der Waals surface area contributed by atoms with Crippen molar-refractivity contribution in [3.63, 3.8) is 0 Å². The third kappa shape index (κ3) is 5.52. The van der Waals surface area contributed by atoms with E-state index < -0.39 is 12.2 Å². The Morgan fingerprint density at radius 2 is 1.63 bits per heavy atom. The quantitative estimate of drug-likeness (QED) is 0.586. The first-order valence-corrected chi connectivity index (χ1v) is 9.03. The maximum Gasteiger partial charge on any atom is 0.161 e. The average molecular weight is 376 g/mol. The fourth-order valence-corrected chi connectivity index (χ4v) is 2.61. The van der Waals surface area contributed by atoms with Gasteiger partial charge in [0.25, 0.3) is 0 Å². The van der Waals surface area contributed by atoms with Crippen molar-refractivity contribution in [1.82, 2.24) is 0 Å². The summed E-state index contributed by atoms with van der Waals surface area (Å²) in [5.41, 5.74) is 0.559. The molecule has 2 aromatic carbocycles. The van der Waals surface area contributed by atoms with Gasteiger partial charge in [-0.3, -0.25) is 0 Å². The van der Waals surface area contributed by atoms with E-state index in [-0.39, 0.29) is 6.61 Å². The molecule has 6 heteroatoms. The first-order valence-electron chi connectivity index (χ1n) is 9.03. The molecule has 0 fully saturated rings. The van der Waals surface area contributed by atoms with Crippen LogP contribution in [0.2, 0.25) is 0 Å². The van der Waals surface area contributed by atoms with Crippen LogP contribution < -0.4 is 18.9 Å². The lowest BCUT2D eigenvalue weighted by Gasteiger charge is -2.24. The summed E-state index contributed by atoms with van der Waals surface area (Å²) in [7, 11) is 3.09. The molecule has 0 spiro atoms. The van der Waals surface area contributed by atoms with Crippen LogP contribution in [0, 0.1) is 0 Å². The van der Waals surface area contributed by atoms with Crippen LogP contribution in [0.3, 0.4) is 0 Å². The SMILES string of the molecule is CCCCOc1ccc([C@@H](O)[C@H](CO)Oc2ccccc2OC)cc1OC. The summed E-state index contributed by atoms with van der Waals surface area (Å²) >= 11 is 0. The molecule has 0 aliphatic heterocycles. The van der Waals surface area contributed by atoms with Gasteiger partial charge in [0.1, 0.15) is 6.10 Å². The fourth-order valence-electron chi connectivity index (χ4n) is 2.61. The Hall–Kier alpha value is -2.44. The van der Waals surface area contributed by atoms with E-state index in [0.717, 1.165) is 12.8 Å². The molecule has 148 valence electrons. The first-order chi connectivity index (χ1) is 13.1. The molecule has 0 heterocycles. The number of aliphatic hydroxyl groups is 2. The van der Waals surface area contributed by atoms with Crippen molar-refractivity contribution < 1.29 is 29.2 Å². The number of rotatable bonds is 11. The minimum Gasteiger partial charge on any atom is -0.493 e. The van der Waals surface area contributed by atoms with Crippen molar-refractivity contribution >= 4 is 0 Å². The van der Waals surface area contributed by atoms with Gasteiger partial charge in [-0.1, -0.05) is 31.5 Å². The van der Waals surface area contributed by atoms with E-state index >= 15 is 0 Å². The number of para-hydroxylation sites is 2. The number of benzene rings is 2. The van der Waals surface area contributed by atoms with Crippen LogP contribution >= 0.6 is 0 Å². The number of ether oxygens (including phenoxy) is 4. The molecule has 0 saturated heterocycles. The normalized spacial score (nSPS) is 12.9. The smallest absolute Gasteiger partial charge is 0.161 e. The Morgan fingerprint density at radius 3 is 2.26 bits per heavy atom. The molecular weight excluding hydrogens is 348 g/mol. The molecule has 27 heavy (non-hydrogen) atoms. The van der Waals surface area contributed by atoms with E-state index in [4.69, 9.17) is 18.9 Å². The number of aliphatic hydroxyl groups excluding tert-OH is 2. The lowest BCUT2D eigenvalue weighted by Crippen LogP contribution is -2.29. The summed E-state index contributed by atoms with van der Waals surface area (Å²) in [5.74, 6) is 2.12. The molecule has 0 bridgehead atoms. The van der Waals surface area contributed by atoms with E-state index in [1.807, 2.05) is 6.07 Å². The third-order valence-corrected chi connectivity index (χ3v) is 4.16. The molecule has 0 aromatic heterocycles. The number of hydrogen-bond acceptors (Lipinski definition) is 6. The summed E-state index contributed by atoms with van der Waals surface area (Å²) in [4.78, 5) is 0. The molecule has 2 atom stereocenters. The van der Waals surface area contributed by atoms with Gasteiger partial charge in [0.05, 0.1) is 27.4 Å². The Morgan fingerprint density at radius 1 is 0.926 bits per heavy atom. The summed E-state index contributed by atoms with van der Waals surface area (Å²) in [5, 5.41) is 20.4. The van der Waals surface area contributed by atoms with Gasteiger partial charge in [-0.25, -0.2) is 0 Å². The van der Waals surface area contributed by atoms with Gasteiger partial charge < -0.3 is 29.2 Å². The first kappa shape index (κ1) is 20.9. The van der Waals surface area contributed by atoms with E-state index in [0.29, 0.717) is 35.2 Å². The zero-order valence-corrected chi connectivity index (χ0v) is 16.1. The lowest BCUT2D eigenvalue weighted by molar-refractivity contribution is -0.000521. The van der Waals surface area contributed by atoms with Crippen LogP contribution in [0.5, 0.6) is 23.0 Å². The molecule has 6 nitrogen and oxygen atoms in total. The molecule has 2 N–H and O–H groups in total. The van der Waals surface area contributed by atoms with Gasteiger partial charge in [0.15, 0.2) is 29.1 Å². The van der Waals surface area contributed by atoms with Gasteiger partial charge in [0.2, 0.25) is 0 Å². The second-order valence-electron chi connectivity index (χ2n) is 6.05. The predicted molar refractivity (Wildman–Crippen MR) is 103 cm³/mol. The Labute approximate surface area is 160 Å². The molecule has 0 aliphatic rings. The van der Waals surface area contributed by atoms with Crippen molar-refractivity contribution in [2.24, 2.45) is 0 Å². The maximum atomic E-state index is 10.7. The highest BCUT2D eigenvalue weighted by Crippen LogP contribution is 2.34. The van der Waals surface area contributed by atoms with E-state index in [2.05, 4.69) is 6.92 Å². The highest BCUT2D eigenvalue weighted by atomic mass is 16.5. The summed E-state index contributed by atoms with van der Waals surface area (Å²) in [6, 6.07) is 12.3. The molecule has 0 radical (unpaired) electrons. The summed E-state index contributed by atoms with van der Waals surface area (Å²) < 4.78 is 22.1. The van der Waals surface area contributed by atoms with Crippen LogP contribution in [0.25, 0.3) is 0 Å². The number of unbranched alkanes of at least 4 members (excludes halogenated alkanes) is 1. The van der Waals surface area contributed by atoms with Crippen molar-refractivity contribution in [3.05, 3.63) is 48.0 Å². The van der Waals surface area contributed by atoms with Crippen LogP contribution in [-0.2, 0) is 0 Å².